The van der Waals surface area contributed by atoms with E-state index in [4.69, 9.17) is 4.84 Å². The van der Waals surface area contributed by atoms with Gasteiger partial charge in [-0.2, -0.15) is 0 Å². The number of carbonyl (C=O) groups excluding carboxylic acids is 2. The maximum atomic E-state index is 13.2. The molecule has 2 amide bonds. The van der Waals surface area contributed by atoms with E-state index in [9.17, 15) is 9.59 Å². The van der Waals surface area contributed by atoms with Crippen molar-refractivity contribution < 1.29 is 14.4 Å². The Kier molecular flexibility index (Phi) is 5.48. The van der Waals surface area contributed by atoms with E-state index >= 15 is 0 Å². The predicted molar refractivity (Wildman–Crippen MR) is 116 cm³/mol. The molecular formula is C25H29N3O3. The molecule has 1 aromatic carbocycles. The summed E-state index contributed by atoms with van der Waals surface area (Å²) in [6.07, 6.45) is 7.51. The zero-order chi connectivity index (χ0) is 21.4. The van der Waals surface area contributed by atoms with Crippen LogP contribution in [0.15, 0.2) is 36.5 Å². The molecule has 2 fully saturated rings. The van der Waals surface area contributed by atoms with Crippen molar-refractivity contribution in [1.82, 2.24) is 15.4 Å². The number of carbonyl (C=O) groups is 2. The molecule has 2 aliphatic heterocycles. The van der Waals surface area contributed by atoms with Crippen LogP contribution in [0.25, 0.3) is 0 Å². The van der Waals surface area contributed by atoms with Gasteiger partial charge >= 0.3 is 0 Å². The number of aryl methyl sites for hydroxylation is 1. The number of amides is 2. The van der Waals surface area contributed by atoms with Crippen LogP contribution in [-0.4, -0.2) is 28.5 Å². The van der Waals surface area contributed by atoms with Gasteiger partial charge in [0, 0.05) is 36.3 Å². The number of aromatic nitrogens is 1. The maximum absolute atomic E-state index is 13.2. The van der Waals surface area contributed by atoms with E-state index in [0.717, 1.165) is 60.9 Å². The molecule has 162 valence electrons. The highest BCUT2D eigenvalue weighted by Gasteiger charge is 2.37. The second-order valence-electron chi connectivity index (χ2n) is 9.13. The molecule has 0 bridgehead atoms. The Hall–Kier alpha value is -2.73. The molecule has 6 heteroatoms. The van der Waals surface area contributed by atoms with Crippen molar-refractivity contribution in [3.05, 3.63) is 64.5 Å². The molecule has 1 saturated carbocycles. The monoisotopic (exact) mass is 419 g/mol. The summed E-state index contributed by atoms with van der Waals surface area (Å²) >= 11 is 0. The Bertz CT molecular complexity index is 980. The SMILES string of the molecule is Cc1ccc([C@@H]2CCON2C(=O)C2CCC(Cc3ccc4c(c3)C(=O)NC4)CC2)cn1. The third-order valence-electron chi connectivity index (χ3n) is 7.02. The standard InChI is InChI=1S/C25H29N3O3/c1-16-2-6-21(15-26-16)23-10-11-31-28(23)25(30)19-7-3-17(4-8-19)12-18-5-9-20-14-27-24(29)22(20)13-18/h2,5-6,9,13,15,17,19,23H,3-4,7-8,10-12,14H2,1H3,(H,27,29)/t17?,19?,23-/m0/s1. The molecule has 1 atom stereocenters. The molecule has 3 heterocycles. The summed E-state index contributed by atoms with van der Waals surface area (Å²) in [5.41, 5.74) is 5.16. The third kappa shape index (κ3) is 4.09. The van der Waals surface area contributed by atoms with Gasteiger partial charge in [0.2, 0.25) is 5.91 Å². The van der Waals surface area contributed by atoms with Crippen LogP contribution in [0.5, 0.6) is 0 Å². The largest absolute Gasteiger partial charge is 0.348 e. The average molecular weight is 420 g/mol. The fourth-order valence-electron chi connectivity index (χ4n) is 5.18. The number of fused-ring (bicyclic) bond motifs is 1. The number of nitrogens with zero attached hydrogens (tertiary/aromatic N) is 2. The van der Waals surface area contributed by atoms with Crippen molar-refractivity contribution in [1.29, 1.82) is 0 Å². The van der Waals surface area contributed by atoms with Gasteiger partial charge in [0.05, 0.1) is 12.6 Å². The van der Waals surface area contributed by atoms with Gasteiger partial charge in [-0.3, -0.25) is 19.4 Å². The van der Waals surface area contributed by atoms with Crippen molar-refractivity contribution >= 4 is 11.8 Å². The summed E-state index contributed by atoms with van der Waals surface area (Å²) in [6.45, 7) is 3.18. The minimum atomic E-state index is -0.0316. The molecule has 5 rings (SSSR count). The Morgan fingerprint density at radius 1 is 1.16 bits per heavy atom. The molecule has 1 aliphatic carbocycles. The van der Waals surface area contributed by atoms with Crippen LogP contribution in [0.3, 0.4) is 0 Å². The van der Waals surface area contributed by atoms with Gasteiger partial charge in [-0.25, -0.2) is 5.06 Å². The lowest BCUT2D eigenvalue weighted by atomic mass is 9.78. The van der Waals surface area contributed by atoms with Crippen LogP contribution in [0, 0.1) is 18.8 Å². The second kappa shape index (κ2) is 8.42. The van der Waals surface area contributed by atoms with Gasteiger partial charge in [0.15, 0.2) is 0 Å². The zero-order valence-electron chi connectivity index (χ0n) is 18.0. The molecule has 1 saturated heterocycles. The Labute approximate surface area is 183 Å². The number of nitrogens with one attached hydrogen (secondary N) is 1. The number of hydrogen-bond donors (Lipinski definition) is 1. The number of rotatable bonds is 4. The van der Waals surface area contributed by atoms with E-state index in [2.05, 4.69) is 28.5 Å². The summed E-state index contributed by atoms with van der Waals surface area (Å²) in [7, 11) is 0. The Morgan fingerprint density at radius 3 is 2.77 bits per heavy atom. The van der Waals surface area contributed by atoms with Gasteiger partial charge in [-0.05, 0) is 73.8 Å². The minimum absolute atomic E-state index is 0.0288. The smallest absolute Gasteiger partial charge is 0.251 e. The first-order valence-electron chi connectivity index (χ1n) is 11.4. The summed E-state index contributed by atoms with van der Waals surface area (Å²) in [5.74, 6) is 0.745. The van der Waals surface area contributed by atoms with E-state index in [1.807, 2.05) is 25.3 Å². The van der Waals surface area contributed by atoms with Gasteiger partial charge in [0.25, 0.3) is 5.91 Å². The molecular weight excluding hydrogens is 390 g/mol. The Balaban J connectivity index is 1.18. The number of pyridine rings is 1. The van der Waals surface area contributed by atoms with Crippen LogP contribution >= 0.6 is 0 Å². The fraction of sp³-hybridized carbons (Fsp3) is 0.480. The molecule has 2 aromatic rings. The molecule has 6 nitrogen and oxygen atoms in total. The molecule has 0 spiro atoms. The Morgan fingerprint density at radius 2 is 2.00 bits per heavy atom. The lowest BCUT2D eigenvalue weighted by Crippen LogP contribution is -2.36. The minimum Gasteiger partial charge on any atom is -0.348 e. The van der Waals surface area contributed by atoms with E-state index in [-0.39, 0.29) is 23.8 Å². The first-order valence-corrected chi connectivity index (χ1v) is 11.4. The van der Waals surface area contributed by atoms with E-state index < -0.39 is 0 Å². The molecule has 0 unspecified atom stereocenters. The number of benzene rings is 1. The number of hydrogen-bond acceptors (Lipinski definition) is 4. The molecule has 1 N–H and O–H groups in total. The maximum Gasteiger partial charge on any atom is 0.251 e. The lowest BCUT2D eigenvalue weighted by molar-refractivity contribution is -0.183. The van der Waals surface area contributed by atoms with Gasteiger partial charge in [0.1, 0.15) is 0 Å². The molecule has 3 aliphatic rings. The average Bonchev–Trinajstić information content (AvgIpc) is 3.42. The summed E-state index contributed by atoms with van der Waals surface area (Å²) in [6, 6.07) is 10.3. The number of hydroxylamine groups is 2. The summed E-state index contributed by atoms with van der Waals surface area (Å²) < 4.78 is 0. The first kappa shape index (κ1) is 20.2. The lowest BCUT2D eigenvalue weighted by Gasteiger charge is -2.32. The van der Waals surface area contributed by atoms with Crippen molar-refractivity contribution in [2.24, 2.45) is 11.8 Å². The van der Waals surface area contributed by atoms with Gasteiger partial charge in [-0.15, -0.1) is 0 Å². The van der Waals surface area contributed by atoms with Crippen LogP contribution in [0.4, 0.5) is 0 Å². The topological polar surface area (TPSA) is 71.5 Å². The highest BCUT2D eigenvalue weighted by molar-refractivity contribution is 5.98. The zero-order valence-corrected chi connectivity index (χ0v) is 18.0. The first-order chi connectivity index (χ1) is 15.1. The van der Waals surface area contributed by atoms with Crippen LogP contribution in [0.2, 0.25) is 0 Å². The summed E-state index contributed by atoms with van der Waals surface area (Å²) in [5, 5.41) is 4.50. The molecule has 31 heavy (non-hydrogen) atoms. The van der Waals surface area contributed by atoms with Crippen molar-refractivity contribution in [2.45, 2.75) is 58.0 Å². The van der Waals surface area contributed by atoms with Gasteiger partial charge < -0.3 is 5.32 Å². The third-order valence-corrected chi connectivity index (χ3v) is 7.02. The van der Waals surface area contributed by atoms with Crippen LogP contribution in [-0.2, 0) is 22.6 Å². The van der Waals surface area contributed by atoms with Crippen LogP contribution in [0.1, 0.15) is 70.9 Å². The highest BCUT2D eigenvalue weighted by Crippen LogP contribution is 2.37. The van der Waals surface area contributed by atoms with Crippen molar-refractivity contribution in [3.63, 3.8) is 0 Å². The van der Waals surface area contributed by atoms with Gasteiger partial charge in [-0.1, -0.05) is 18.2 Å². The highest BCUT2D eigenvalue weighted by atomic mass is 16.7. The van der Waals surface area contributed by atoms with Crippen LogP contribution < -0.4 is 5.32 Å². The van der Waals surface area contributed by atoms with Crippen molar-refractivity contribution in [2.75, 3.05) is 6.61 Å². The fourth-order valence-corrected chi connectivity index (χ4v) is 5.18. The molecule has 1 aromatic heterocycles. The molecule has 0 radical (unpaired) electrons. The second-order valence-corrected chi connectivity index (χ2v) is 9.13. The predicted octanol–water partition coefficient (Wildman–Crippen LogP) is 3.89. The van der Waals surface area contributed by atoms with E-state index in [1.54, 1.807) is 5.06 Å². The van der Waals surface area contributed by atoms with E-state index in [0.29, 0.717) is 19.1 Å². The van der Waals surface area contributed by atoms with Crippen molar-refractivity contribution in [3.8, 4) is 0 Å². The normalized spacial score (nSPS) is 25.4. The quantitative estimate of drug-likeness (QED) is 0.816. The van der Waals surface area contributed by atoms with E-state index in [1.165, 1.54) is 5.56 Å². The summed E-state index contributed by atoms with van der Waals surface area (Å²) in [4.78, 5) is 35.3.